The van der Waals surface area contributed by atoms with E-state index in [-0.39, 0.29) is 5.49 Å². The summed E-state index contributed by atoms with van der Waals surface area (Å²) in [6.45, 7) is 8.77. The molecule has 0 aliphatic heterocycles. The fourth-order valence-electron chi connectivity index (χ4n) is 6.39. The number of fused-ring (bicyclic) bond motifs is 4. The van der Waals surface area contributed by atoms with Crippen molar-refractivity contribution in [2.24, 2.45) is 0 Å². The number of halogens is 2. The van der Waals surface area contributed by atoms with Crippen molar-refractivity contribution in [2.75, 3.05) is 0 Å². The van der Waals surface area contributed by atoms with E-state index in [9.17, 15) is 0 Å². The van der Waals surface area contributed by atoms with E-state index in [1.807, 2.05) is 0 Å². The number of hydrogen-bond acceptors (Lipinski definition) is 0. The number of aryl methyl sites for hydroxylation is 2. The molecule has 0 bridgehead atoms. The average Bonchev–Trinajstić information content (AvgIpc) is 3.76. The first-order chi connectivity index (χ1) is 23.4. The van der Waals surface area contributed by atoms with Gasteiger partial charge in [0.05, 0.1) is 0 Å². The summed E-state index contributed by atoms with van der Waals surface area (Å²) in [6.07, 6.45) is 2.17. The molecule has 0 saturated heterocycles. The van der Waals surface area contributed by atoms with Crippen LogP contribution in [0, 0.1) is 0 Å². The van der Waals surface area contributed by atoms with E-state index in [4.69, 9.17) is 17.2 Å². The molecule has 0 fully saturated rings. The van der Waals surface area contributed by atoms with Gasteiger partial charge in [-0.25, -0.2) is 0 Å². The van der Waals surface area contributed by atoms with Gasteiger partial charge in [-0.05, 0) is 45.5 Å². The Morgan fingerprint density at radius 2 is 0.812 bits per heavy atom. The van der Waals surface area contributed by atoms with Crippen molar-refractivity contribution in [1.29, 1.82) is 0 Å². The van der Waals surface area contributed by atoms with E-state index < -0.39 is 17.7 Å². The molecule has 4 heteroatoms. The Bertz CT molecular complexity index is 2190. The predicted octanol–water partition coefficient (Wildman–Crippen LogP) is 14.0. The second kappa shape index (κ2) is 16.0. The molecule has 0 unspecified atom stereocenters. The summed E-state index contributed by atoms with van der Waals surface area (Å²) >= 11 is -1.78. The van der Waals surface area contributed by atoms with E-state index >= 15 is 0 Å². The Hall–Kier alpha value is -3.27. The quantitative estimate of drug-likeness (QED) is 0.122. The van der Waals surface area contributed by atoms with Crippen LogP contribution in [0.5, 0.6) is 0 Å². The second-order valence-corrected chi connectivity index (χ2v) is 44.1. The molecule has 0 aromatic heterocycles. The van der Waals surface area contributed by atoms with Crippen molar-refractivity contribution in [3.05, 3.63) is 157 Å². The first-order valence-electron chi connectivity index (χ1n) is 16.7. The Morgan fingerprint density at radius 3 is 1.19 bits per heavy atom. The zero-order chi connectivity index (χ0) is 33.6. The molecule has 0 saturated carbocycles. The Labute approximate surface area is 299 Å². The van der Waals surface area contributed by atoms with Gasteiger partial charge in [-0.2, -0.15) is 12.1 Å². The molecule has 8 aromatic carbocycles. The summed E-state index contributed by atoms with van der Waals surface area (Å²) in [7, 11) is 11.3. The topological polar surface area (TPSA) is 0 Å². The fraction of sp³-hybridized carbons (Fsp3) is 0.136. The van der Waals surface area contributed by atoms with E-state index in [0.29, 0.717) is 0 Å². The van der Waals surface area contributed by atoms with Gasteiger partial charge in [0.2, 0.25) is 0 Å². The van der Waals surface area contributed by atoms with Crippen LogP contribution in [0.2, 0.25) is 13.1 Å². The van der Waals surface area contributed by atoms with Crippen molar-refractivity contribution in [3.8, 4) is 22.3 Å². The zero-order valence-corrected chi connectivity index (χ0v) is 34.1. The minimum atomic E-state index is -1.78. The second-order valence-electron chi connectivity index (χ2n) is 12.4. The van der Waals surface area contributed by atoms with Gasteiger partial charge >= 0.3 is 53.4 Å². The van der Waals surface area contributed by atoms with Crippen LogP contribution in [0.4, 0.5) is 0 Å². The first kappa shape index (κ1) is 34.6. The van der Waals surface area contributed by atoms with Crippen LogP contribution in [0.1, 0.15) is 25.0 Å². The molecule has 48 heavy (non-hydrogen) atoms. The standard InChI is InChI=1S/2C21H17.C2H6Si.2ClH.Hf/c2*1-2-15-13-17-9-6-12-20(21(17)14-15)19-11-5-8-16-7-3-4-10-18(16)19;1-3-2;;;/h2*3-14H,2H2,1H3;1-2H3;2*1H;/q2*-1;;;;+2/p-2. The number of rotatable bonds is 4. The van der Waals surface area contributed by atoms with E-state index in [0.717, 1.165) is 12.8 Å². The molecule has 0 aliphatic carbocycles. The Morgan fingerprint density at radius 1 is 0.479 bits per heavy atom. The van der Waals surface area contributed by atoms with Gasteiger partial charge in [0.1, 0.15) is 0 Å². The summed E-state index contributed by atoms with van der Waals surface area (Å²) in [5, 5.41) is 10.7. The summed E-state index contributed by atoms with van der Waals surface area (Å²) in [6, 6.07) is 52.9. The van der Waals surface area contributed by atoms with Gasteiger partial charge in [0, 0.05) is 0 Å². The van der Waals surface area contributed by atoms with Crippen molar-refractivity contribution in [3.63, 3.8) is 0 Å². The van der Waals surface area contributed by atoms with Gasteiger partial charge in [0.15, 0.2) is 0 Å². The van der Waals surface area contributed by atoms with Crippen LogP contribution >= 0.6 is 17.2 Å². The van der Waals surface area contributed by atoms with Crippen LogP contribution in [-0.4, -0.2) is 5.49 Å². The average molecular weight is 846 g/mol. The summed E-state index contributed by atoms with van der Waals surface area (Å²) in [5.41, 5.74) is 7.95. The molecule has 240 valence electrons. The van der Waals surface area contributed by atoms with Gasteiger partial charge < -0.3 is 0 Å². The molecule has 0 atom stereocenters. The molecule has 0 nitrogen and oxygen atoms in total. The van der Waals surface area contributed by atoms with Crippen LogP contribution in [-0.2, 0) is 30.5 Å². The van der Waals surface area contributed by atoms with Crippen molar-refractivity contribution < 1.29 is 17.7 Å². The van der Waals surface area contributed by atoms with Crippen LogP contribution < -0.4 is 0 Å². The normalized spacial score (nSPS) is 10.9. The Balaban J connectivity index is 0.000000144. The van der Waals surface area contributed by atoms with Crippen molar-refractivity contribution in [2.45, 2.75) is 39.8 Å². The monoisotopic (exact) mass is 846 g/mol. The number of benzene rings is 6. The van der Waals surface area contributed by atoms with Gasteiger partial charge in [-0.3, -0.25) is 0 Å². The van der Waals surface area contributed by atoms with Gasteiger partial charge in [-0.1, -0.05) is 122 Å². The maximum atomic E-state index is 5.64. The minimum absolute atomic E-state index is 0.208. The SMILES string of the molecule is CCc1cc2c(-c3cccc4ccccc34)cccc2[cH-]1.CCc1cc2c(-c3cccc4ccccc34)cccc2[cH-]1.C[Si](C)=[Hf]([Cl])[Cl]. The molecule has 0 spiro atoms. The molecular weight excluding hydrogens is 806 g/mol. The Kier molecular flexibility index (Phi) is 11.5. The third-order valence-corrected chi connectivity index (χ3v) is 36.4. The third-order valence-electron chi connectivity index (χ3n) is 8.98. The van der Waals surface area contributed by atoms with Gasteiger partial charge in [-0.15, -0.1) is 69.1 Å². The number of hydrogen-bond donors (Lipinski definition) is 0. The van der Waals surface area contributed by atoms with E-state index in [1.165, 1.54) is 76.5 Å². The zero-order valence-electron chi connectivity index (χ0n) is 28.0. The summed E-state index contributed by atoms with van der Waals surface area (Å²) in [4.78, 5) is 0. The molecule has 0 heterocycles. The fourth-order valence-corrected chi connectivity index (χ4v) is 6.39. The molecule has 0 radical (unpaired) electrons. The summed E-state index contributed by atoms with van der Waals surface area (Å²) in [5.74, 6) is 0. The van der Waals surface area contributed by atoms with Crippen LogP contribution in [0.25, 0.3) is 65.3 Å². The van der Waals surface area contributed by atoms with Crippen LogP contribution in [0.15, 0.2) is 146 Å². The van der Waals surface area contributed by atoms with Crippen molar-refractivity contribution in [1.82, 2.24) is 0 Å². The predicted molar refractivity (Wildman–Crippen MR) is 213 cm³/mol. The third kappa shape index (κ3) is 7.63. The maximum absolute atomic E-state index is 5.64. The molecular formula is C44H40Cl2HfSi-2. The van der Waals surface area contributed by atoms with Crippen LogP contribution in [0.3, 0.4) is 0 Å². The molecule has 0 aliphatic rings. The van der Waals surface area contributed by atoms with E-state index in [2.05, 4.69) is 173 Å². The molecule has 8 rings (SSSR count). The van der Waals surface area contributed by atoms with Gasteiger partial charge in [0.25, 0.3) is 0 Å². The molecule has 0 N–H and O–H groups in total. The molecule has 0 amide bonds. The first-order valence-corrected chi connectivity index (χ1v) is 33.5. The van der Waals surface area contributed by atoms with Crippen molar-refractivity contribution >= 4 is 65.7 Å². The summed E-state index contributed by atoms with van der Waals surface area (Å²) < 4.78 is 0. The molecule has 8 aromatic rings. The van der Waals surface area contributed by atoms with E-state index in [1.54, 1.807) is 0 Å².